The molecule has 4 aliphatic rings. The number of hydrogen-bond donors (Lipinski definition) is 1. The Morgan fingerprint density at radius 2 is 1.76 bits per heavy atom. The molecule has 1 N–H and O–H groups in total. The lowest BCUT2D eigenvalue weighted by molar-refractivity contribution is -0.130. The molecule has 3 fully saturated rings. The van der Waals surface area contributed by atoms with Crippen molar-refractivity contribution in [2.75, 3.05) is 0 Å². The Bertz CT molecular complexity index is 898. The molecule has 29 heavy (non-hydrogen) atoms. The summed E-state index contributed by atoms with van der Waals surface area (Å²) in [7, 11) is 0. The molecule has 0 aliphatic heterocycles. The molecule has 0 radical (unpaired) electrons. The largest absolute Gasteiger partial charge is 0.393 e. The third-order valence-corrected chi connectivity index (χ3v) is 9.18. The lowest BCUT2D eigenvalue weighted by Crippen LogP contribution is -2.50. The van der Waals surface area contributed by atoms with Gasteiger partial charge in [-0.05, 0) is 97.5 Å². The van der Waals surface area contributed by atoms with E-state index in [0.29, 0.717) is 23.5 Å². The zero-order chi connectivity index (χ0) is 20.4. The van der Waals surface area contributed by atoms with E-state index in [1.807, 2.05) is 24.3 Å². The number of fused-ring (bicyclic) bond motifs is 5. The van der Waals surface area contributed by atoms with E-state index in [4.69, 9.17) is 11.6 Å². The predicted octanol–water partition coefficient (Wildman–Crippen LogP) is 6.23. The maximum absolute atomic E-state index is 13.5. The van der Waals surface area contributed by atoms with Crippen molar-refractivity contribution in [2.45, 2.75) is 64.9 Å². The average molecular weight is 411 g/mol. The Morgan fingerprint density at radius 3 is 2.52 bits per heavy atom. The molecule has 0 aromatic heterocycles. The van der Waals surface area contributed by atoms with Crippen molar-refractivity contribution < 1.29 is 9.90 Å². The van der Waals surface area contributed by atoms with E-state index >= 15 is 0 Å². The quantitative estimate of drug-likeness (QED) is 0.440. The number of ketones is 1. The first-order valence-electron chi connectivity index (χ1n) is 11.2. The fourth-order valence-electron chi connectivity index (χ4n) is 7.20. The highest BCUT2D eigenvalue weighted by Gasteiger charge is 2.59. The molecule has 154 valence electrons. The fraction of sp³-hybridized carbons (Fsp3) is 0.577. The van der Waals surface area contributed by atoms with Crippen LogP contribution in [-0.4, -0.2) is 17.0 Å². The number of halogens is 1. The van der Waals surface area contributed by atoms with Crippen LogP contribution in [0.25, 0.3) is 6.08 Å². The summed E-state index contributed by atoms with van der Waals surface area (Å²) in [6.07, 6.45) is 11.3. The van der Waals surface area contributed by atoms with Gasteiger partial charge in [0.1, 0.15) is 0 Å². The van der Waals surface area contributed by atoms with Crippen LogP contribution in [0, 0.1) is 28.6 Å². The van der Waals surface area contributed by atoms with Crippen LogP contribution < -0.4 is 0 Å². The van der Waals surface area contributed by atoms with Crippen LogP contribution in [-0.2, 0) is 4.79 Å². The minimum atomic E-state index is -0.213. The van der Waals surface area contributed by atoms with Gasteiger partial charge in [0, 0.05) is 10.4 Å². The van der Waals surface area contributed by atoms with Crippen molar-refractivity contribution in [1.82, 2.24) is 0 Å². The van der Waals surface area contributed by atoms with Crippen molar-refractivity contribution in [3.63, 3.8) is 0 Å². The Morgan fingerprint density at radius 1 is 1.03 bits per heavy atom. The number of allylic oxidation sites excluding steroid dienone is 2. The molecule has 0 saturated heterocycles. The second-order valence-electron chi connectivity index (χ2n) is 10.4. The van der Waals surface area contributed by atoms with E-state index in [9.17, 15) is 9.90 Å². The lowest BCUT2D eigenvalue weighted by atomic mass is 9.48. The first-order chi connectivity index (χ1) is 13.8. The number of rotatable bonds is 1. The van der Waals surface area contributed by atoms with Crippen LogP contribution in [0.15, 0.2) is 41.5 Å². The Labute approximate surface area is 179 Å². The summed E-state index contributed by atoms with van der Waals surface area (Å²) in [5.41, 5.74) is 3.56. The molecular formula is C26H31ClO2. The van der Waals surface area contributed by atoms with Gasteiger partial charge in [0.05, 0.1) is 6.10 Å². The molecule has 1 aromatic rings. The summed E-state index contributed by atoms with van der Waals surface area (Å²) in [4.78, 5) is 13.5. The average Bonchev–Trinajstić information content (AvgIpc) is 2.95. The van der Waals surface area contributed by atoms with Crippen LogP contribution in [0.5, 0.6) is 0 Å². The smallest absolute Gasteiger partial charge is 0.165 e. The molecule has 6 atom stereocenters. The fourth-order valence-corrected chi connectivity index (χ4v) is 7.33. The third kappa shape index (κ3) is 2.98. The highest BCUT2D eigenvalue weighted by atomic mass is 35.5. The first-order valence-corrected chi connectivity index (χ1v) is 11.6. The van der Waals surface area contributed by atoms with Gasteiger partial charge in [0.2, 0.25) is 0 Å². The monoisotopic (exact) mass is 410 g/mol. The van der Waals surface area contributed by atoms with Crippen LogP contribution in [0.2, 0.25) is 5.02 Å². The van der Waals surface area contributed by atoms with E-state index in [2.05, 4.69) is 26.0 Å². The van der Waals surface area contributed by atoms with Crippen molar-refractivity contribution >= 4 is 23.5 Å². The van der Waals surface area contributed by atoms with Gasteiger partial charge < -0.3 is 5.11 Å². The zero-order valence-corrected chi connectivity index (χ0v) is 18.2. The number of carbonyl (C=O) groups is 1. The Kier molecular flexibility index (Phi) is 4.60. The molecule has 4 aliphatic carbocycles. The number of carbonyl (C=O) groups excluding carboxylic acids is 1. The summed E-state index contributed by atoms with van der Waals surface area (Å²) in [5, 5.41) is 10.9. The second kappa shape index (κ2) is 6.82. The first kappa shape index (κ1) is 19.6. The summed E-state index contributed by atoms with van der Waals surface area (Å²) >= 11 is 6.02. The van der Waals surface area contributed by atoms with Gasteiger partial charge in [-0.3, -0.25) is 4.79 Å². The number of aliphatic hydroxyl groups excluding tert-OH is 1. The number of Topliss-reactive ketones (excluding diaryl/α,β-unsaturated/α-hetero) is 1. The Hall–Kier alpha value is -1.38. The molecule has 0 heterocycles. The van der Waals surface area contributed by atoms with Gasteiger partial charge in [-0.1, -0.05) is 49.2 Å². The summed E-state index contributed by atoms with van der Waals surface area (Å²) in [6, 6.07) is 7.79. The maximum atomic E-state index is 13.5. The molecule has 3 saturated carbocycles. The molecule has 0 bridgehead atoms. The standard InChI is InChI=1S/C26H31ClO2/c1-25-11-9-20(28)15-18(25)5-8-21-22(25)10-12-26(2)23(21)14-17(24(26)29)13-16-3-6-19(27)7-4-16/h3-7,13,20-23,28H,8-12,14-15H2,1-2H3/b17-13+/t20-,21+,22-,23+,25-,26+/m0/s1. The minimum Gasteiger partial charge on any atom is -0.393 e. The SMILES string of the molecule is C[C@@]12CC[C@H]3[C@@H](CC=C4C[C@@H](O)CC[C@@]43C)[C@H]1C/C(=C\c1ccc(Cl)cc1)C2=O. The third-order valence-electron chi connectivity index (χ3n) is 8.93. The number of aliphatic hydroxyl groups is 1. The molecule has 2 nitrogen and oxygen atoms in total. The van der Waals surface area contributed by atoms with Gasteiger partial charge in [-0.25, -0.2) is 0 Å². The lowest BCUT2D eigenvalue weighted by Gasteiger charge is -2.56. The van der Waals surface area contributed by atoms with Crippen LogP contribution >= 0.6 is 11.6 Å². The summed E-state index contributed by atoms with van der Waals surface area (Å²) < 4.78 is 0. The van der Waals surface area contributed by atoms with E-state index in [1.54, 1.807) is 0 Å². The summed E-state index contributed by atoms with van der Waals surface area (Å²) in [6.45, 7) is 4.66. The topological polar surface area (TPSA) is 37.3 Å². The van der Waals surface area contributed by atoms with E-state index < -0.39 is 0 Å². The van der Waals surface area contributed by atoms with Gasteiger partial charge in [-0.15, -0.1) is 0 Å². The molecule has 0 amide bonds. The van der Waals surface area contributed by atoms with E-state index in [0.717, 1.165) is 61.1 Å². The predicted molar refractivity (Wildman–Crippen MR) is 118 cm³/mol. The molecule has 0 unspecified atom stereocenters. The van der Waals surface area contributed by atoms with Crippen LogP contribution in [0.1, 0.15) is 64.4 Å². The van der Waals surface area contributed by atoms with Crippen LogP contribution in [0.3, 0.4) is 0 Å². The van der Waals surface area contributed by atoms with E-state index in [-0.39, 0.29) is 16.9 Å². The van der Waals surface area contributed by atoms with Gasteiger partial charge in [-0.2, -0.15) is 0 Å². The molecule has 1 aromatic carbocycles. The molecule has 3 heteroatoms. The van der Waals surface area contributed by atoms with Crippen molar-refractivity contribution in [2.24, 2.45) is 28.6 Å². The normalized spacial score (nSPS) is 42.8. The van der Waals surface area contributed by atoms with E-state index in [1.165, 1.54) is 5.57 Å². The summed E-state index contributed by atoms with van der Waals surface area (Å²) in [5.74, 6) is 2.04. The maximum Gasteiger partial charge on any atom is 0.165 e. The molecule has 5 rings (SSSR count). The highest BCUT2D eigenvalue weighted by molar-refractivity contribution is 6.30. The highest BCUT2D eigenvalue weighted by Crippen LogP contribution is 2.64. The van der Waals surface area contributed by atoms with Crippen LogP contribution in [0.4, 0.5) is 0 Å². The van der Waals surface area contributed by atoms with Gasteiger partial charge >= 0.3 is 0 Å². The van der Waals surface area contributed by atoms with Gasteiger partial charge in [0.25, 0.3) is 0 Å². The van der Waals surface area contributed by atoms with Crippen molar-refractivity contribution in [3.8, 4) is 0 Å². The number of hydrogen-bond acceptors (Lipinski definition) is 2. The van der Waals surface area contributed by atoms with Gasteiger partial charge in [0.15, 0.2) is 5.78 Å². The zero-order valence-electron chi connectivity index (χ0n) is 17.5. The van der Waals surface area contributed by atoms with Crippen molar-refractivity contribution in [3.05, 3.63) is 52.1 Å². The second-order valence-corrected chi connectivity index (χ2v) is 10.8. The minimum absolute atomic E-state index is 0.165. The molecule has 0 spiro atoms. The number of benzene rings is 1. The van der Waals surface area contributed by atoms with Crippen molar-refractivity contribution in [1.29, 1.82) is 0 Å². The molecular weight excluding hydrogens is 380 g/mol. The Balaban J connectivity index is 1.47.